The van der Waals surface area contributed by atoms with Gasteiger partial charge in [0.05, 0.1) is 25.9 Å². The molecule has 1 atom stereocenters. The van der Waals surface area contributed by atoms with Crippen LogP contribution in [0.25, 0.3) is 11.5 Å². The molecule has 0 fully saturated rings. The Kier molecular flexibility index (Phi) is 5.55. The summed E-state index contributed by atoms with van der Waals surface area (Å²) in [6.45, 7) is -0.265. The largest absolute Gasteiger partial charge is 0.437 e. The first-order valence-electron chi connectivity index (χ1n) is 7.86. The van der Waals surface area contributed by atoms with Crippen LogP contribution in [0.1, 0.15) is 5.56 Å². The molecule has 1 aromatic heterocycles. The Morgan fingerprint density at radius 1 is 1.15 bits per heavy atom. The molecule has 3 aromatic rings. The average molecular weight is 362 g/mol. The molecule has 0 radical (unpaired) electrons. The number of aliphatic hydroxyl groups excluding tert-OH is 1. The summed E-state index contributed by atoms with van der Waals surface area (Å²) in [5.74, 6) is -1.54. The number of nitrogens with zero attached hydrogens (tertiary/aromatic N) is 2. The van der Waals surface area contributed by atoms with Crippen molar-refractivity contribution in [3.05, 3.63) is 76.3 Å². The van der Waals surface area contributed by atoms with Crippen molar-refractivity contribution >= 4 is 0 Å². The van der Waals surface area contributed by atoms with Gasteiger partial charge in [-0.3, -0.25) is 0 Å². The molecule has 2 aromatic carbocycles. The first kappa shape index (κ1) is 18.0. The fourth-order valence-corrected chi connectivity index (χ4v) is 2.30. The molecule has 8 heteroatoms. The Balaban J connectivity index is 1.57. The smallest absolute Gasteiger partial charge is 0.389 e. The average Bonchev–Trinajstić information content (AvgIpc) is 2.98. The predicted octanol–water partition coefficient (Wildman–Crippen LogP) is 2.36. The summed E-state index contributed by atoms with van der Waals surface area (Å²) in [7, 11) is 0. The zero-order chi connectivity index (χ0) is 18.5. The molecular weight excluding hydrogens is 346 g/mol. The lowest BCUT2D eigenvalue weighted by Crippen LogP contribution is -2.28. The van der Waals surface area contributed by atoms with E-state index >= 15 is 0 Å². The lowest BCUT2D eigenvalue weighted by Gasteiger charge is -2.10. The number of rotatable bonds is 7. The van der Waals surface area contributed by atoms with Crippen LogP contribution in [0.5, 0.6) is 0 Å². The molecule has 3 rings (SSSR count). The van der Waals surface area contributed by atoms with Crippen molar-refractivity contribution in [1.29, 1.82) is 0 Å². The maximum Gasteiger partial charge on any atom is 0.437 e. The summed E-state index contributed by atoms with van der Waals surface area (Å²) in [5.41, 5.74) is 0.810. The van der Waals surface area contributed by atoms with E-state index < -0.39 is 23.5 Å². The molecule has 0 aliphatic heterocycles. The second-order valence-corrected chi connectivity index (χ2v) is 5.62. The number of aromatic nitrogens is 2. The fourth-order valence-electron chi connectivity index (χ4n) is 2.30. The maximum atomic E-state index is 13.5. The molecule has 0 bridgehead atoms. The van der Waals surface area contributed by atoms with E-state index in [2.05, 4.69) is 5.10 Å². The lowest BCUT2D eigenvalue weighted by atomic mass is 10.2. The number of hydrogen-bond donors (Lipinski definition) is 1. The summed E-state index contributed by atoms with van der Waals surface area (Å²) < 4.78 is 37.6. The van der Waals surface area contributed by atoms with Crippen LogP contribution in [-0.2, 0) is 17.9 Å². The van der Waals surface area contributed by atoms with Crippen LogP contribution in [0.15, 0.2) is 57.7 Å². The maximum absolute atomic E-state index is 13.5. The van der Waals surface area contributed by atoms with E-state index in [9.17, 15) is 18.7 Å². The number of ether oxygens (including phenoxy) is 1. The minimum absolute atomic E-state index is 0.00171. The van der Waals surface area contributed by atoms with Crippen LogP contribution in [-0.4, -0.2) is 27.6 Å². The molecule has 26 heavy (non-hydrogen) atoms. The Hall–Kier alpha value is -2.84. The van der Waals surface area contributed by atoms with Gasteiger partial charge in [-0.05, 0) is 30.3 Å². The van der Waals surface area contributed by atoms with Gasteiger partial charge in [-0.1, -0.05) is 18.2 Å². The molecular formula is C18H16F2N2O4. The second-order valence-electron chi connectivity index (χ2n) is 5.62. The molecule has 1 heterocycles. The van der Waals surface area contributed by atoms with Crippen molar-refractivity contribution in [2.45, 2.75) is 19.3 Å². The van der Waals surface area contributed by atoms with Gasteiger partial charge in [0.25, 0.3) is 0 Å². The highest BCUT2D eigenvalue weighted by Gasteiger charge is 2.14. The van der Waals surface area contributed by atoms with E-state index in [0.29, 0.717) is 11.1 Å². The summed E-state index contributed by atoms with van der Waals surface area (Å²) in [4.78, 5) is 11.8. The SMILES string of the molecule is O=c1oc(-c2ccc(F)cc2)nn1C[C@@H](O)COCc1ccccc1F. The summed E-state index contributed by atoms with van der Waals surface area (Å²) in [6.07, 6.45) is -1.04. The Morgan fingerprint density at radius 3 is 2.62 bits per heavy atom. The Morgan fingerprint density at radius 2 is 1.88 bits per heavy atom. The van der Waals surface area contributed by atoms with Crippen molar-refractivity contribution in [3.8, 4) is 11.5 Å². The highest BCUT2D eigenvalue weighted by molar-refractivity contribution is 5.51. The number of halogens is 2. The molecule has 0 saturated heterocycles. The number of hydrogen-bond acceptors (Lipinski definition) is 5. The minimum Gasteiger partial charge on any atom is -0.389 e. The van der Waals surface area contributed by atoms with E-state index in [1.807, 2.05) is 0 Å². The van der Waals surface area contributed by atoms with Gasteiger partial charge in [0.2, 0.25) is 5.89 Å². The van der Waals surface area contributed by atoms with Crippen LogP contribution in [0.4, 0.5) is 8.78 Å². The van der Waals surface area contributed by atoms with Crippen molar-refractivity contribution in [3.63, 3.8) is 0 Å². The van der Waals surface area contributed by atoms with Gasteiger partial charge in [-0.25, -0.2) is 13.6 Å². The van der Waals surface area contributed by atoms with Crippen LogP contribution in [0.2, 0.25) is 0 Å². The lowest BCUT2D eigenvalue weighted by molar-refractivity contribution is 0.0169. The van der Waals surface area contributed by atoms with E-state index in [-0.39, 0.29) is 25.6 Å². The molecule has 6 nitrogen and oxygen atoms in total. The molecule has 0 amide bonds. The predicted molar refractivity (Wildman–Crippen MR) is 88.2 cm³/mol. The van der Waals surface area contributed by atoms with Gasteiger partial charge in [-0.2, -0.15) is 4.68 Å². The van der Waals surface area contributed by atoms with Gasteiger partial charge in [0, 0.05) is 11.1 Å². The van der Waals surface area contributed by atoms with Crippen molar-refractivity contribution in [2.75, 3.05) is 6.61 Å². The van der Waals surface area contributed by atoms with Gasteiger partial charge in [0.15, 0.2) is 0 Å². The topological polar surface area (TPSA) is 77.5 Å². The molecule has 0 spiro atoms. The van der Waals surface area contributed by atoms with Crippen molar-refractivity contribution in [2.24, 2.45) is 0 Å². The van der Waals surface area contributed by atoms with E-state index in [1.165, 1.54) is 30.3 Å². The first-order chi connectivity index (χ1) is 12.5. The molecule has 136 valence electrons. The van der Waals surface area contributed by atoms with Crippen LogP contribution < -0.4 is 5.76 Å². The van der Waals surface area contributed by atoms with E-state index in [1.54, 1.807) is 18.2 Å². The molecule has 0 aliphatic carbocycles. The number of aliphatic hydroxyl groups is 1. The molecule has 0 unspecified atom stereocenters. The Bertz CT molecular complexity index is 921. The third-order valence-corrected chi connectivity index (χ3v) is 3.61. The van der Waals surface area contributed by atoms with Gasteiger partial charge < -0.3 is 14.3 Å². The standard InChI is InChI=1S/C18H16F2N2O4/c19-14-7-5-12(6-8-14)17-21-22(18(24)26-17)9-15(23)11-25-10-13-3-1-2-4-16(13)20/h1-8,15,23H,9-11H2/t15-/m1/s1. The van der Waals surface area contributed by atoms with Gasteiger partial charge in [-0.15, -0.1) is 5.10 Å². The fraction of sp³-hybridized carbons (Fsp3) is 0.222. The summed E-state index contributed by atoms with van der Waals surface area (Å²) in [6, 6.07) is 11.5. The monoisotopic (exact) mass is 362 g/mol. The summed E-state index contributed by atoms with van der Waals surface area (Å²) >= 11 is 0. The minimum atomic E-state index is -1.04. The summed E-state index contributed by atoms with van der Waals surface area (Å²) in [5, 5.41) is 14.0. The third kappa shape index (κ3) is 4.41. The van der Waals surface area contributed by atoms with Gasteiger partial charge >= 0.3 is 5.76 Å². The second kappa shape index (κ2) is 8.03. The quantitative estimate of drug-likeness (QED) is 0.698. The van der Waals surface area contributed by atoms with E-state index in [0.717, 1.165) is 4.68 Å². The van der Waals surface area contributed by atoms with Crippen molar-refractivity contribution < 1.29 is 23.0 Å². The normalized spacial score (nSPS) is 12.3. The third-order valence-electron chi connectivity index (χ3n) is 3.61. The van der Waals surface area contributed by atoms with Crippen LogP contribution >= 0.6 is 0 Å². The zero-order valence-electron chi connectivity index (χ0n) is 13.6. The molecule has 1 N–H and O–H groups in total. The van der Waals surface area contributed by atoms with Gasteiger partial charge in [0.1, 0.15) is 11.6 Å². The first-order valence-corrected chi connectivity index (χ1v) is 7.86. The van der Waals surface area contributed by atoms with E-state index in [4.69, 9.17) is 9.15 Å². The van der Waals surface area contributed by atoms with Crippen LogP contribution in [0, 0.1) is 11.6 Å². The highest BCUT2D eigenvalue weighted by Crippen LogP contribution is 2.15. The van der Waals surface area contributed by atoms with Crippen molar-refractivity contribution in [1.82, 2.24) is 9.78 Å². The highest BCUT2D eigenvalue weighted by atomic mass is 19.1. The number of benzene rings is 2. The van der Waals surface area contributed by atoms with Crippen LogP contribution in [0.3, 0.4) is 0 Å². The Labute approximate surface area is 147 Å². The molecule has 0 saturated carbocycles. The molecule has 0 aliphatic rings. The zero-order valence-corrected chi connectivity index (χ0v) is 13.6.